The maximum Gasteiger partial charge on any atom is 0.137 e. The molecule has 0 bridgehead atoms. The van der Waals surface area contributed by atoms with Gasteiger partial charge in [0, 0.05) is 47.5 Å². The average molecular weight is 351 g/mol. The third kappa shape index (κ3) is 3.06. The van der Waals surface area contributed by atoms with E-state index in [1.165, 1.54) is 22.9 Å². The highest BCUT2D eigenvalue weighted by molar-refractivity contribution is 7.17. The van der Waals surface area contributed by atoms with E-state index in [9.17, 15) is 0 Å². The Hall–Kier alpha value is -2.21. The van der Waals surface area contributed by atoms with Crippen LogP contribution in [-0.4, -0.2) is 34.1 Å². The number of pyridine rings is 1. The zero-order valence-corrected chi connectivity index (χ0v) is 14.9. The van der Waals surface area contributed by atoms with Gasteiger partial charge in [-0.3, -0.25) is 0 Å². The number of rotatable bonds is 4. The van der Waals surface area contributed by atoms with Gasteiger partial charge in [-0.05, 0) is 49.3 Å². The Morgan fingerprint density at radius 2 is 1.84 bits per heavy atom. The van der Waals surface area contributed by atoms with Gasteiger partial charge in [0.15, 0.2) is 0 Å². The highest BCUT2D eigenvalue weighted by Crippen LogP contribution is 2.38. The molecule has 1 aliphatic heterocycles. The Balaban J connectivity index is 1.25. The molecule has 5 nitrogen and oxygen atoms in total. The normalized spacial score (nSPS) is 18.6. The van der Waals surface area contributed by atoms with Gasteiger partial charge in [-0.2, -0.15) is 0 Å². The molecule has 3 aromatic rings. The highest BCUT2D eigenvalue weighted by Gasteiger charge is 2.27. The van der Waals surface area contributed by atoms with E-state index in [1.54, 1.807) is 11.3 Å². The van der Waals surface area contributed by atoms with Crippen molar-refractivity contribution in [2.45, 2.75) is 37.6 Å². The Morgan fingerprint density at radius 1 is 1.00 bits per heavy atom. The van der Waals surface area contributed by atoms with Crippen molar-refractivity contribution in [2.75, 3.05) is 23.3 Å². The maximum atomic E-state index is 4.69. The number of hydrogen-bond donors (Lipinski definition) is 1. The molecule has 5 rings (SSSR count). The zero-order valence-electron chi connectivity index (χ0n) is 14.1. The second-order valence-corrected chi connectivity index (χ2v) is 7.89. The molecule has 1 aliphatic carbocycles. The summed E-state index contributed by atoms with van der Waals surface area (Å²) in [6, 6.07) is 6.75. The zero-order chi connectivity index (χ0) is 16.6. The Morgan fingerprint density at radius 3 is 2.68 bits per heavy atom. The smallest absolute Gasteiger partial charge is 0.137 e. The van der Waals surface area contributed by atoms with Crippen LogP contribution in [0.5, 0.6) is 0 Å². The molecular weight excluding hydrogens is 330 g/mol. The minimum absolute atomic E-state index is 0.472. The first-order chi connectivity index (χ1) is 12.4. The highest BCUT2D eigenvalue weighted by atomic mass is 32.1. The lowest BCUT2D eigenvalue weighted by molar-refractivity contribution is 0.523. The lowest BCUT2D eigenvalue weighted by atomic mass is 10.0. The first-order valence-electron chi connectivity index (χ1n) is 9.03. The molecule has 0 unspecified atom stereocenters. The van der Waals surface area contributed by atoms with Crippen LogP contribution in [0, 0.1) is 0 Å². The Kier molecular flexibility index (Phi) is 3.77. The molecule has 0 radical (unpaired) electrons. The quantitative estimate of drug-likeness (QED) is 0.769. The third-order valence-corrected chi connectivity index (χ3v) is 6.00. The Bertz CT molecular complexity index is 880. The number of anilines is 2. The average Bonchev–Trinajstić information content (AvgIpc) is 3.39. The molecule has 0 spiro atoms. The molecule has 4 heterocycles. The first-order valence-corrected chi connectivity index (χ1v) is 9.91. The van der Waals surface area contributed by atoms with Crippen LogP contribution in [0.4, 0.5) is 11.6 Å². The van der Waals surface area contributed by atoms with E-state index >= 15 is 0 Å². The molecule has 1 N–H and O–H groups in total. The number of nitrogens with zero attached hydrogens (tertiary/aromatic N) is 4. The number of thiophene rings is 1. The SMILES string of the molecule is c1cc(NC2CCN(c3nccc4sccc34)CC2)nc(C2CC2)n1. The fourth-order valence-electron chi connectivity index (χ4n) is 3.57. The van der Waals surface area contributed by atoms with Crippen LogP contribution in [0.25, 0.3) is 10.1 Å². The van der Waals surface area contributed by atoms with E-state index in [1.807, 2.05) is 18.5 Å². The summed E-state index contributed by atoms with van der Waals surface area (Å²) >= 11 is 1.78. The molecule has 1 saturated carbocycles. The van der Waals surface area contributed by atoms with E-state index < -0.39 is 0 Å². The summed E-state index contributed by atoms with van der Waals surface area (Å²) in [5, 5.41) is 7.04. The van der Waals surface area contributed by atoms with Crippen molar-refractivity contribution in [1.82, 2.24) is 15.0 Å². The maximum absolute atomic E-state index is 4.69. The van der Waals surface area contributed by atoms with E-state index in [0.717, 1.165) is 43.4 Å². The lowest BCUT2D eigenvalue weighted by Crippen LogP contribution is -2.39. The van der Waals surface area contributed by atoms with Crippen molar-refractivity contribution < 1.29 is 0 Å². The standard InChI is InChI=1S/C19H21N5S/c1-2-13(1)18-20-9-4-17(23-18)22-14-5-10-24(11-6-14)19-15-7-12-25-16(15)3-8-21-19/h3-4,7-9,12-14H,1-2,5-6,10-11H2,(H,20,22,23). The second-order valence-electron chi connectivity index (χ2n) is 6.95. The lowest BCUT2D eigenvalue weighted by Gasteiger charge is -2.33. The number of hydrogen-bond acceptors (Lipinski definition) is 6. The minimum atomic E-state index is 0.472. The first kappa shape index (κ1) is 15.1. The van der Waals surface area contributed by atoms with Gasteiger partial charge in [0.1, 0.15) is 17.5 Å². The van der Waals surface area contributed by atoms with E-state index in [0.29, 0.717) is 12.0 Å². The largest absolute Gasteiger partial charge is 0.367 e. The van der Waals surface area contributed by atoms with Crippen molar-refractivity contribution >= 4 is 33.1 Å². The van der Waals surface area contributed by atoms with Gasteiger partial charge in [0.2, 0.25) is 0 Å². The molecule has 2 fully saturated rings. The Labute approximate surface area is 151 Å². The molecule has 0 amide bonds. The van der Waals surface area contributed by atoms with Crippen molar-refractivity contribution in [3.8, 4) is 0 Å². The van der Waals surface area contributed by atoms with Gasteiger partial charge >= 0.3 is 0 Å². The van der Waals surface area contributed by atoms with Crippen LogP contribution in [0.1, 0.15) is 37.4 Å². The minimum Gasteiger partial charge on any atom is -0.367 e. The van der Waals surface area contributed by atoms with Crippen LogP contribution in [0.15, 0.2) is 36.0 Å². The molecule has 3 aromatic heterocycles. The molecule has 128 valence electrons. The van der Waals surface area contributed by atoms with E-state index in [-0.39, 0.29) is 0 Å². The van der Waals surface area contributed by atoms with Crippen molar-refractivity contribution in [3.05, 3.63) is 41.8 Å². The predicted octanol–water partition coefficient (Wildman–Crippen LogP) is 4.04. The van der Waals surface area contributed by atoms with Gasteiger partial charge < -0.3 is 10.2 Å². The number of piperidine rings is 1. The molecule has 1 saturated heterocycles. The summed E-state index contributed by atoms with van der Waals surface area (Å²) in [6.07, 6.45) is 8.50. The fourth-order valence-corrected chi connectivity index (χ4v) is 4.35. The molecule has 2 aliphatic rings. The molecule has 6 heteroatoms. The third-order valence-electron chi connectivity index (χ3n) is 5.12. The van der Waals surface area contributed by atoms with Crippen LogP contribution < -0.4 is 10.2 Å². The van der Waals surface area contributed by atoms with Crippen LogP contribution in [0.2, 0.25) is 0 Å². The van der Waals surface area contributed by atoms with E-state index in [2.05, 4.69) is 37.7 Å². The molecule has 0 atom stereocenters. The van der Waals surface area contributed by atoms with Crippen LogP contribution in [-0.2, 0) is 0 Å². The van der Waals surface area contributed by atoms with Gasteiger partial charge in [0.25, 0.3) is 0 Å². The van der Waals surface area contributed by atoms with Gasteiger partial charge in [0.05, 0.1) is 0 Å². The predicted molar refractivity (Wildman–Crippen MR) is 102 cm³/mol. The molecule has 25 heavy (non-hydrogen) atoms. The van der Waals surface area contributed by atoms with Crippen LogP contribution in [0.3, 0.4) is 0 Å². The summed E-state index contributed by atoms with van der Waals surface area (Å²) in [5.74, 6) is 3.72. The number of nitrogens with one attached hydrogen (secondary N) is 1. The topological polar surface area (TPSA) is 53.9 Å². The summed E-state index contributed by atoms with van der Waals surface area (Å²) in [7, 11) is 0. The fraction of sp³-hybridized carbons (Fsp3) is 0.421. The number of aromatic nitrogens is 3. The van der Waals surface area contributed by atoms with Crippen molar-refractivity contribution in [2.24, 2.45) is 0 Å². The van der Waals surface area contributed by atoms with Gasteiger partial charge in [-0.15, -0.1) is 11.3 Å². The van der Waals surface area contributed by atoms with E-state index in [4.69, 9.17) is 4.98 Å². The molecule has 0 aromatic carbocycles. The molecular formula is C19H21N5S. The summed E-state index contributed by atoms with van der Waals surface area (Å²) in [5.41, 5.74) is 0. The summed E-state index contributed by atoms with van der Waals surface area (Å²) < 4.78 is 1.32. The van der Waals surface area contributed by atoms with Crippen molar-refractivity contribution in [3.63, 3.8) is 0 Å². The van der Waals surface area contributed by atoms with Crippen LogP contribution >= 0.6 is 11.3 Å². The number of fused-ring (bicyclic) bond motifs is 1. The second kappa shape index (κ2) is 6.26. The van der Waals surface area contributed by atoms with Gasteiger partial charge in [-0.25, -0.2) is 15.0 Å². The van der Waals surface area contributed by atoms with Crippen molar-refractivity contribution in [1.29, 1.82) is 0 Å². The van der Waals surface area contributed by atoms with Gasteiger partial charge in [-0.1, -0.05) is 0 Å². The summed E-state index contributed by atoms with van der Waals surface area (Å²) in [6.45, 7) is 2.06. The monoisotopic (exact) mass is 351 g/mol. The summed E-state index contributed by atoms with van der Waals surface area (Å²) in [4.78, 5) is 16.2.